The predicted octanol–water partition coefficient (Wildman–Crippen LogP) is 3.22. The predicted molar refractivity (Wildman–Crippen MR) is 60.1 cm³/mol. The zero-order chi connectivity index (χ0) is 10.9. The maximum Gasteiger partial charge on any atom is 0.162 e. The van der Waals surface area contributed by atoms with Crippen LogP contribution in [0.3, 0.4) is 0 Å². The van der Waals surface area contributed by atoms with Gasteiger partial charge in [-0.3, -0.25) is 0 Å². The molecule has 0 spiro atoms. The van der Waals surface area contributed by atoms with Crippen molar-refractivity contribution in [3.05, 3.63) is 0 Å². The highest BCUT2D eigenvalue weighted by atomic mass is 16.5. The van der Waals surface area contributed by atoms with Gasteiger partial charge in [-0.05, 0) is 12.8 Å². The molecule has 0 rings (SSSR count). The first-order valence-corrected chi connectivity index (χ1v) is 6.07. The normalized spacial score (nSPS) is 12.0. The molecule has 0 atom stereocenters. The first kappa shape index (κ1) is 13.9. The molecule has 0 aromatic rings. The van der Waals surface area contributed by atoms with Gasteiger partial charge in [0.05, 0.1) is 0 Å². The van der Waals surface area contributed by atoms with Gasteiger partial charge in [0.2, 0.25) is 0 Å². The summed E-state index contributed by atoms with van der Waals surface area (Å²) in [5, 5.41) is 18.6. The van der Waals surface area contributed by atoms with E-state index in [1.165, 1.54) is 32.1 Å². The summed E-state index contributed by atoms with van der Waals surface area (Å²) in [6.07, 6.45) is 9.50. The van der Waals surface area contributed by atoms with E-state index in [1.54, 1.807) is 6.92 Å². The molecule has 0 aromatic heterocycles. The lowest BCUT2D eigenvalue weighted by Crippen LogP contribution is -2.26. The number of hydrogen-bond acceptors (Lipinski definition) is 2. The van der Waals surface area contributed by atoms with E-state index in [9.17, 15) is 10.2 Å². The number of aliphatic hydroxyl groups is 2. The Morgan fingerprint density at radius 3 is 1.79 bits per heavy atom. The molecule has 2 nitrogen and oxygen atoms in total. The van der Waals surface area contributed by atoms with Crippen LogP contribution in [0.25, 0.3) is 0 Å². The molecule has 0 saturated carbocycles. The second-order valence-corrected chi connectivity index (χ2v) is 4.21. The number of hydrogen-bond donors (Lipinski definition) is 2. The minimum atomic E-state index is -1.41. The van der Waals surface area contributed by atoms with Crippen molar-refractivity contribution in [3.8, 4) is 0 Å². The summed E-state index contributed by atoms with van der Waals surface area (Å²) >= 11 is 0. The van der Waals surface area contributed by atoms with Crippen LogP contribution in [0.2, 0.25) is 0 Å². The quantitative estimate of drug-likeness (QED) is 0.445. The first-order valence-electron chi connectivity index (χ1n) is 6.07. The van der Waals surface area contributed by atoms with Crippen molar-refractivity contribution in [2.24, 2.45) is 0 Å². The molecule has 14 heavy (non-hydrogen) atoms. The highest BCUT2D eigenvalue weighted by molar-refractivity contribution is 4.61. The van der Waals surface area contributed by atoms with Crippen molar-refractivity contribution in [2.45, 2.75) is 77.4 Å². The summed E-state index contributed by atoms with van der Waals surface area (Å²) in [4.78, 5) is 0. The first-order chi connectivity index (χ1) is 6.62. The molecule has 0 radical (unpaired) electrons. The van der Waals surface area contributed by atoms with Crippen LogP contribution in [0.5, 0.6) is 0 Å². The van der Waals surface area contributed by atoms with Crippen molar-refractivity contribution >= 4 is 0 Å². The van der Waals surface area contributed by atoms with Crippen LogP contribution in [0.1, 0.15) is 71.6 Å². The van der Waals surface area contributed by atoms with Crippen LogP contribution in [0.15, 0.2) is 0 Å². The molecular weight excluding hydrogens is 176 g/mol. The Hall–Kier alpha value is -0.0800. The second kappa shape index (κ2) is 8.25. The summed E-state index contributed by atoms with van der Waals surface area (Å²) < 4.78 is 0. The van der Waals surface area contributed by atoms with Crippen LogP contribution in [0.4, 0.5) is 0 Å². The standard InChI is InChI=1S/C12H26O2/c1-3-5-6-7-8-9-10-11-12(13,14)4-2/h13-14H,3-11H2,1-2H3. The Labute approximate surface area is 88.3 Å². The van der Waals surface area contributed by atoms with Crippen molar-refractivity contribution in [3.63, 3.8) is 0 Å². The van der Waals surface area contributed by atoms with Crippen molar-refractivity contribution in [1.82, 2.24) is 0 Å². The Balaban J connectivity index is 3.13. The molecule has 2 N–H and O–H groups in total. The minimum absolute atomic E-state index is 0.433. The molecule has 2 heteroatoms. The third-order valence-corrected chi connectivity index (χ3v) is 2.75. The average Bonchev–Trinajstić information content (AvgIpc) is 2.16. The molecular formula is C12H26O2. The van der Waals surface area contributed by atoms with Crippen molar-refractivity contribution < 1.29 is 10.2 Å². The van der Waals surface area contributed by atoms with Gasteiger partial charge >= 0.3 is 0 Å². The number of unbranched alkanes of at least 4 members (excludes halogenated alkanes) is 6. The van der Waals surface area contributed by atoms with E-state index < -0.39 is 5.79 Å². The molecule has 86 valence electrons. The molecule has 0 heterocycles. The highest BCUT2D eigenvalue weighted by Crippen LogP contribution is 2.16. The van der Waals surface area contributed by atoms with E-state index >= 15 is 0 Å². The molecule has 0 aliphatic heterocycles. The van der Waals surface area contributed by atoms with Gasteiger partial charge < -0.3 is 10.2 Å². The Kier molecular flexibility index (Phi) is 8.20. The monoisotopic (exact) mass is 202 g/mol. The third kappa shape index (κ3) is 8.52. The fourth-order valence-electron chi connectivity index (χ4n) is 1.54. The maximum atomic E-state index is 9.32. The summed E-state index contributed by atoms with van der Waals surface area (Å²) in [7, 11) is 0. The van der Waals surface area contributed by atoms with Gasteiger partial charge in [-0.2, -0.15) is 0 Å². The fraction of sp³-hybridized carbons (Fsp3) is 1.00. The average molecular weight is 202 g/mol. The van der Waals surface area contributed by atoms with Crippen LogP contribution >= 0.6 is 0 Å². The lowest BCUT2D eigenvalue weighted by molar-refractivity contribution is -0.167. The summed E-state index contributed by atoms with van der Waals surface area (Å²) in [6.45, 7) is 4.02. The fourth-order valence-corrected chi connectivity index (χ4v) is 1.54. The van der Waals surface area contributed by atoms with Crippen LogP contribution in [-0.4, -0.2) is 16.0 Å². The molecule has 0 unspecified atom stereocenters. The minimum Gasteiger partial charge on any atom is -0.366 e. The zero-order valence-electron chi connectivity index (χ0n) is 9.76. The molecule has 0 amide bonds. The SMILES string of the molecule is CCCCCCCCCC(O)(O)CC. The maximum absolute atomic E-state index is 9.32. The molecule has 0 aromatic carbocycles. The Morgan fingerprint density at radius 2 is 1.29 bits per heavy atom. The van der Waals surface area contributed by atoms with Gasteiger partial charge in [-0.1, -0.05) is 52.4 Å². The Morgan fingerprint density at radius 1 is 0.786 bits per heavy atom. The van der Waals surface area contributed by atoms with Gasteiger partial charge in [0, 0.05) is 6.42 Å². The van der Waals surface area contributed by atoms with Crippen molar-refractivity contribution in [2.75, 3.05) is 0 Å². The van der Waals surface area contributed by atoms with E-state index in [4.69, 9.17) is 0 Å². The zero-order valence-corrected chi connectivity index (χ0v) is 9.76. The topological polar surface area (TPSA) is 40.5 Å². The van der Waals surface area contributed by atoms with E-state index in [0.29, 0.717) is 12.8 Å². The van der Waals surface area contributed by atoms with Crippen LogP contribution in [0, 0.1) is 0 Å². The molecule has 0 fully saturated rings. The largest absolute Gasteiger partial charge is 0.366 e. The molecule has 0 aliphatic carbocycles. The Bertz CT molecular complexity index is 121. The molecule has 0 bridgehead atoms. The summed E-state index contributed by atoms with van der Waals surface area (Å²) in [5.41, 5.74) is 0. The van der Waals surface area contributed by atoms with Gasteiger partial charge in [-0.15, -0.1) is 0 Å². The van der Waals surface area contributed by atoms with Crippen molar-refractivity contribution in [1.29, 1.82) is 0 Å². The van der Waals surface area contributed by atoms with Gasteiger partial charge in [0.25, 0.3) is 0 Å². The smallest absolute Gasteiger partial charge is 0.162 e. The van der Waals surface area contributed by atoms with Crippen LogP contribution in [-0.2, 0) is 0 Å². The number of rotatable bonds is 9. The lowest BCUT2D eigenvalue weighted by Gasteiger charge is -2.19. The van der Waals surface area contributed by atoms with Gasteiger partial charge in [-0.25, -0.2) is 0 Å². The van der Waals surface area contributed by atoms with E-state index in [2.05, 4.69) is 6.92 Å². The molecule has 0 aliphatic rings. The van der Waals surface area contributed by atoms with E-state index in [1.807, 2.05) is 0 Å². The lowest BCUT2D eigenvalue weighted by atomic mass is 10.0. The van der Waals surface area contributed by atoms with Gasteiger partial charge in [0.15, 0.2) is 5.79 Å². The summed E-state index contributed by atoms with van der Waals surface area (Å²) in [6, 6.07) is 0. The van der Waals surface area contributed by atoms with E-state index in [-0.39, 0.29) is 0 Å². The van der Waals surface area contributed by atoms with Gasteiger partial charge in [0.1, 0.15) is 0 Å². The van der Waals surface area contributed by atoms with Crippen LogP contribution < -0.4 is 0 Å². The van der Waals surface area contributed by atoms with E-state index in [0.717, 1.165) is 12.8 Å². The molecule has 0 saturated heterocycles. The second-order valence-electron chi connectivity index (χ2n) is 4.21. The highest BCUT2D eigenvalue weighted by Gasteiger charge is 2.18. The summed E-state index contributed by atoms with van der Waals surface area (Å²) in [5.74, 6) is -1.41. The third-order valence-electron chi connectivity index (χ3n) is 2.75.